The fourth-order valence-corrected chi connectivity index (χ4v) is 6.47. The molecule has 3 atom stereocenters. The fourth-order valence-electron chi connectivity index (χ4n) is 6.47. The number of halogens is 1. The molecule has 178 valence electrons. The van der Waals surface area contributed by atoms with E-state index in [2.05, 4.69) is 47.4 Å². The van der Waals surface area contributed by atoms with Crippen LogP contribution in [-0.4, -0.2) is 37.3 Å². The van der Waals surface area contributed by atoms with E-state index in [4.69, 9.17) is 9.47 Å². The number of benzene rings is 3. The zero-order chi connectivity index (χ0) is 22.6. The summed E-state index contributed by atoms with van der Waals surface area (Å²) in [4.78, 5) is 2.61. The Labute approximate surface area is 207 Å². The van der Waals surface area contributed by atoms with Gasteiger partial charge in [-0.25, -0.2) is 0 Å². The molecule has 6 rings (SSSR count). The lowest BCUT2D eigenvalue weighted by atomic mass is 9.72. The van der Waals surface area contributed by atoms with Gasteiger partial charge in [-0.1, -0.05) is 48.5 Å². The van der Waals surface area contributed by atoms with Crippen LogP contribution >= 0.6 is 12.4 Å². The van der Waals surface area contributed by atoms with E-state index in [0.29, 0.717) is 30.3 Å². The Hall–Kier alpha value is -2.53. The molecule has 0 amide bonds. The number of hydrogen-bond acceptors (Lipinski definition) is 4. The molecule has 0 radical (unpaired) electrons. The van der Waals surface area contributed by atoms with Gasteiger partial charge >= 0.3 is 0 Å². The maximum absolute atomic E-state index is 11.9. The van der Waals surface area contributed by atoms with E-state index in [1.165, 1.54) is 27.8 Å². The third kappa shape index (κ3) is 3.60. The summed E-state index contributed by atoms with van der Waals surface area (Å²) in [6, 6.07) is 21.9. The minimum Gasteiger partial charge on any atom is -0.493 e. The Morgan fingerprint density at radius 2 is 1.62 bits per heavy atom. The van der Waals surface area contributed by atoms with E-state index in [0.717, 1.165) is 31.5 Å². The van der Waals surface area contributed by atoms with Crippen molar-refractivity contribution in [3.05, 3.63) is 94.0 Å². The largest absolute Gasteiger partial charge is 0.493 e. The van der Waals surface area contributed by atoms with Crippen molar-refractivity contribution in [1.82, 2.24) is 4.90 Å². The Morgan fingerprint density at radius 3 is 2.44 bits per heavy atom. The van der Waals surface area contributed by atoms with Gasteiger partial charge in [0.25, 0.3) is 0 Å². The molecule has 0 aromatic heterocycles. The summed E-state index contributed by atoms with van der Waals surface area (Å²) in [7, 11) is 3.29. The zero-order valence-corrected chi connectivity index (χ0v) is 20.6. The Morgan fingerprint density at radius 1 is 0.882 bits per heavy atom. The normalized spacial score (nSPS) is 25.1. The van der Waals surface area contributed by atoms with Gasteiger partial charge in [-0.15, -0.1) is 12.4 Å². The number of methoxy groups -OCH3 is 2. The fraction of sp³-hybridized carbons (Fsp3) is 0.379. The first-order valence-electron chi connectivity index (χ1n) is 12.0. The highest BCUT2D eigenvalue weighted by atomic mass is 35.5. The monoisotopic (exact) mass is 477 g/mol. The van der Waals surface area contributed by atoms with Crippen LogP contribution < -0.4 is 9.47 Å². The molecule has 0 saturated carbocycles. The van der Waals surface area contributed by atoms with E-state index in [-0.39, 0.29) is 18.4 Å². The van der Waals surface area contributed by atoms with Gasteiger partial charge in [0.05, 0.1) is 19.8 Å². The third-order valence-electron chi connectivity index (χ3n) is 8.15. The molecule has 3 aromatic carbocycles. The van der Waals surface area contributed by atoms with E-state index in [1.54, 1.807) is 14.2 Å². The molecule has 2 heterocycles. The van der Waals surface area contributed by atoms with Crippen molar-refractivity contribution in [2.24, 2.45) is 0 Å². The van der Waals surface area contributed by atoms with Gasteiger partial charge in [-0.3, -0.25) is 4.90 Å². The molecule has 2 aliphatic heterocycles. The van der Waals surface area contributed by atoms with E-state index in [1.807, 2.05) is 18.2 Å². The topological polar surface area (TPSA) is 41.9 Å². The van der Waals surface area contributed by atoms with Crippen LogP contribution in [0.4, 0.5) is 0 Å². The molecule has 1 aliphatic carbocycles. The van der Waals surface area contributed by atoms with E-state index in [9.17, 15) is 5.11 Å². The number of fused-ring (bicyclic) bond motifs is 4. The van der Waals surface area contributed by atoms with Gasteiger partial charge in [0.1, 0.15) is 0 Å². The lowest BCUT2D eigenvalue weighted by Gasteiger charge is -2.49. The molecule has 3 aliphatic rings. The van der Waals surface area contributed by atoms with Crippen LogP contribution in [0.3, 0.4) is 0 Å². The summed E-state index contributed by atoms with van der Waals surface area (Å²) < 4.78 is 10.9. The first-order valence-corrected chi connectivity index (χ1v) is 12.0. The Bertz CT molecular complexity index is 1210. The number of piperidine rings is 1. The summed E-state index contributed by atoms with van der Waals surface area (Å²) in [5.41, 5.74) is 7.39. The number of ether oxygens (including phenoxy) is 2. The second-order valence-corrected chi connectivity index (χ2v) is 9.74. The highest BCUT2D eigenvalue weighted by Crippen LogP contribution is 2.51. The molecule has 0 unspecified atom stereocenters. The van der Waals surface area contributed by atoms with Crippen molar-refractivity contribution in [3.63, 3.8) is 0 Å². The number of rotatable bonds is 3. The van der Waals surface area contributed by atoms with Crippen LogP contribution in [0, 0.1) is 0 Å². The minimum absolute atomic E-state index is 0. The van der Waals surface area contributed by atoms with Crippen LogP contribution in [0.1, 0.15) is 58.2 Å². The highest BCUT2D eigenvalue weighted by molar-refractivity contribution is 5.85. The molecule has 1 saturated heterocycles. The molecule has 1 N–H and O–H groups in total. The molecule has 3 aromatic rings. The van der Waals surface area contributed by atoms with Crippen molar-refractivity contribution in [1.29, 1.82) is 0 Å². The highest BCUT2D eigenvalue weighted by Gasteiger charge is 2.45. The van der Waals surface area contributed by atoms with Crippen molar-refractivity contribution in [2.45, 2.75) is 43.2 Å². The first kappa shape index (κ1) is 23.2. The van der Waals surface area contributed by atoms with Gasteiger partial charge in [-0.2, -0.15) is 0 Å². The van der Waals surface area contributed by atoms with Gasteiger partial charge in [0.2, 0.25) is 0 Å². The maximum Gasteiger partial charge on any atom is 0.161 e. The summed E-state index contributed by atoms with van der Waals surface area (Å²) >= 11 is 0. The third-order valence-corrected chi connectivity index (χ3v) is 8.15. The van der Waals surface area contributed by atoms with E-state index >= 15 is 0 Å². The minimum atomic E-state index is -0.890. The van der Waals surface area contributed by atoms with Crippen LogP contribution in [0.25, 0.3) is 0 Å². The van der Waals surface area contributed by atoms with E-state index < -0.39 is 5.60 Å². The lowest BCUT2D eigenvalue weighted by Crippen LogP contribution is -2.48. The van der Waals surface area contributed by atoms with Gasteiger partial charge in [-0.05, 0) is 64.8 Å². The molecule has 4 nitrogen and oxygen atoms in total. The average Bonchev–Trinajstić information content (AvgIpc) is 3.02. The molecule has 1 fully saturated rings. The molecule has 0 spiro atoms. The SMILES string of the molecule is COc1ccc([C@@]2(O)CCN3C[C@@H]4c5ccccc5CCc5cccc(c54)[C@H]3C2)cc1OC.Cl. The standard InChI is InChI=1S/C29H31NO3.ClH/c1-32-26-13-12-21(16-27(26)33-2)29(31)14-15-30-18-24-22-8-4-3-6-19(22)10-11-20-7-5-9-23(28(20)24)25(30)17-29;/h3-9,12-13,16,24-25,31H,10-11,14-15,17-18H2,1-2H3;1H/t24-,25-,29-;/m1./s1. The first-order chi connectivity index (χ1) is 16.1. The predicted molar refractivity (Wildman–Crippen MR) is 136 cm³/mol. The Kier molecular flexibility index (Phi) is 6.09. The Balaban J connectivity index is 0.00000241. The summed E-state index contributed by atoms with van der Waals surface area (Å²) in [6.45, 7) is 1.89. The quantitative estimate of drug-likeness (QED) is 0.548. The summed E-state index contributed by atoms with van der Waals surface area (Å²) in [5, 5.41) is 11.9. The van der Waals surface area contributed by atoms with Crippen LogP contribution in [-0.2, 0) is 18.4 Å². The second-order valence-electron chi connectivity index (χ2n) is 9.74. The number of aliphatic hydroxyl groups is 1. The second kappa shape index (κ2) is 8.92. The average molecular weight is 478 g/mol. The number of aryl methyl sites for hydroxylation is 2. The molecule has 34 heavy (non-hydrogen) atoms. The molecular formula is C29H32ClNO3. The zero-order valence-electron chi connectivity index (χ0n) is 19.8. The van der Waals surface area contributed by atoms with Gasteiger partial charge < -0.3 is 14.6 Å². The number of nitrogens with zero attached hydrogens (tertiary/aromatic N) is 1. The van der Waals surface area contributed by atoms with Gasteiger partial charge in [0.15, 0.2) is 11.5 Å². The van der Waals surface area contributed by atoms with Crippen LogP contribution in [0.15, 0.2) is 60.7 Å². The van der Waals surface area contributed by atoms with Crippen molar-refractivity contribution >= 4 is 12.4 Å². The summed E-state index contributed by atoms with van der Waals surface area (Å²) in [5.74, 6) is 1.77. The lowest BCUT2D eigenvalue weighted by molar-refractivity contribution is -0.0573. The van der Waals surface area contributed by atoms with Crippen LogP contribution in [0.2, 0.25) is 0 Å². The summed E-state index contributed by atoms with van der Waals surface area (Å²) in [6.07, 6.45) is 3.59. The van der Waals surface area contributed by atoms with Crippen LogP contribution in [0.5, 0.6) is 11.5 Å². The molecule has 0 bridgehead atoms. The predicted octanol–water partition coefficient (Wildman–Crippen LogP) is 5.39. The van der Waals surface area contributed by atoms with Crippen molar-refractivity contribution in [2.75, 3.05) is 27.3 Å². The smallest absolute Gasteiger partial charge is 0.161 e. The number of hydrogen-bond donors (Lipinski definition) is 1. The van der Waals surface area contributed by atoms with Crippen molar-refractivity contribution < 1.29 is 14.6 Å². The molecule has 5 heteroatoms. The maximum atomic E-state index is 11.9. The molecular weight excluding hydrogens is 446 g/mol. The van der Waals surface area contributed by atoms with Crippen molar-refractivity contribution in [3.8, 4) is 11.5 Å². The van der Waals surface area contributed by atoms with Gasteiger partial charge in [0, 0.05) is 31.5 Å².